The number of urea groups is 1. The molecule has 0 bridgehead atoms. The Morgan fingerprint density at radius 2 is 1.71 bits per heavy atom. The van der Waals surface area contributed by atoms with Gasteiger partial charge in [-0.1, -0.05) is 12.1 Å². The number of amides is 3. The minimum atomic E-state index is -0.218. The highest BCUT2D eigenvalue weighted by molar-refractivity contribution is 6.04. The van der Waals surface area contributed by atoms with E-state index in [0.717, 1.165) is 57.4 Å². The number of likely N-dealkylation sites (tertiary alicyclic amines) is 1. The third-order valence-electron chi connectivity index (χ3n) is 5.47. The van der Waals surface area contributed by atoms with Crippen LogP contribution in [0.1, 0.15) is 31.2 Å². The quantitative estimate of drug-likeness (QED) is 0.798. The molecule has 1 atom stereocenters. The number of carbonyl (C=O) groups is 2. The molecule has 3 aliphatic heterocycles. The first-order chi connectivity index (χ1) is 11.6. The highest BCUT2D eigenvalue weighted by atomic mass is 19.1. The van der Waals surface area contributed by atoms with Gasteiger partial charge in [-0.2, -0.15) is 0 Å². The largest absolute Gasteiger partial charge is 0.327 e. The number of rotatable bonds is 3. The summed E-state index contributed by atoms with van der Waals surface area (Å²) in [5.41, 5.74) is 1.09. The van der Waals surface area contributed by atoms with Gasteiger partial charge in [-0.3, -0.25) is 14.6 Å². The van der Waals surface area contributed by atoms with Crippen molar-refractivity contribution in [3.8, 4) is 0 Å². The van der Waals surface area contributed by atoms with Gasteiger partial charge in [0.05, 0.1) is 0 Å². The average Bonchev–Trinajstić information content (AvgIpc) is 3.15. The average molecular weight is 331 g/mol. The molecule has 1 aromatic rings. The van der Waals surface area contributed by atoms with Gasteiger partial charge in [0.1, 0.15) is 11.9 Å². The van der Waals surface area contributed by atoms with Crippen molar-refractivity contribution in [3.05, 3.63) is 35.6 Å². The predicted molar refractivity (Wildman–Crippen MR) is 86.7 cm³/mol. The fourth-order valence-electron chi connectivity index (χ4n) is 4.17. The first kappa shape index (κ1) is 15.6. The number of piperidine rings is 1. The van der Waals surface area contributed by atoms with Gasteiger partial charge in [-0.15, -0.1) is 0 Å². The fraction of sp³-hybridized carbons (Fsp3) is 0.556. The molecule has 0 aromatic heterocycles. The van der Waals surface area contributed by atoms with Gasteiger partial charge in [0.15, 0.2) is 0 Å². The maximum Gasteiger partial charge on any atom is 0.327 e. The number of imide groups is 1. The first-order valence-corrected chi connectivity index (χ1v) is 8.74. The number of hydrogen-bond donors (Lipinski definition) is 0. The fourth-order valence-corrected chi connectivity index (χ4v) is 4.17. The summed E-state index contributed by atoms with van der Waals surface area (Å²) in [6, 6.07) is 6.33. The lowest BCUT2D eigenvalue weighted by molar-refractivity contribution is -0.130. The zero-order valence-electron chi connectivity index (χ0n) is 13.7. The molecule has 0 aliphatic carbocycles. The van der Waals surface area contributed by atoms with Crippen molar-refractivity contribution >= 4 is 11.9 Å². The van der Waals surface area contributed by atoms with Crippen molar-refractivity contribution in [1.29, 1.82) is 0 Å². The van der Waals surface area contributed by atoms with Gasteiger partial charge in [0, 0.05) is 32.2 Å². The molecule has 0 radical (unpaired) electrons. The Hall–Kier alpha value is -1.95. The van der Waals surface area contributed by atoms with Gasteiger partial charge < -0.3 is 4.90 Å². The number of hydrogen-bond acceptors (Lipinski definition) is 3. The molecule has 0 N–H and O–H groups in total. The lowest BCUT2D eigenvalue weighted by atomic mass is 10.0. The molecule has 0 spiro atoms. The van der Waals surface area contributed by atoms with E-state index in [9.17, 15) is 14.0 Å². The molecule has 3 heterocycles. The number of nitrogens with zero attached hydrogens (tertiary/aromatic N) is 3. The number of benzene rings is 1. The summed E-state index contributed by atoms with van der Waals surface area (Å²) in [5, 5.41) is 0. The van der Waals surface area contributed by atoms with Crippen molar-refractivity contribution in [3.63, 3.8) is 0 Å². The van der Waals surface area contributed by atoms with Crippen LogP contribution in [-0.4, -0.2) is 58.4 Å². The molecular weight excluding hydrogens is 309 g/mol. The molecule has 0 unspecified atom stereocenters. The highest BCUT2D eigenvalue weighted by Crippen LogP contribution is 2.31. The van der Waals surface area contributed by atoms with Crippen LogP contribution in [0.2, 0.25) is 0 Å². The Morgan fingerprint density at radius 3 is 2.38 bits per heavy atom. The maximum absolute atomic E-state index is 13.0. The van der Waals surface area contributed by atoms with Crippen molar-refractivity contribution in [2.45, 2.75) is 44.3 Å². The zero-order valence-corrected chi connectivity index (χ0v) is 13.7. The van der Waals surface area contributed by atoms with Crippen molar-refractivity contribution in [1.82, 2.24) is 14.7 Å². The van der Waals surface area contributed by atoms with E-state index in [0.29, 0.717) is 0 Å². The standard InChI is InChI=1S/C18H22FN3O2/c19-14-5-3-13(4-6-14)12-20-10-7-15(8-11-20)22-17(23)16-2-1-9-21(16)18(22)24/h3-6,15-16H,1-2,7-12H2/t16-/m1/s1. The van der Waals surface area contributed by atoms with Crippen molar-refractivity contribution in [2.24, 2.45) is 0 Å². The van der Waals surface area contributed by atoms with Crippen LogP contribution in [0.15, 0.2) is 24.3 Å². The van der Waals surface area contributed by atoms with Gasteiger partial charge in [0.25, 0.3) is 5.91 Å². The normalized spacial score (nSPS) is 25.6. The summed E-state index contributed by atoms with van der Waals surface area (Å²) in [4.78, 5) is 30.6. The second kappa shape index (κ2) is 6.16. The van der Waals surface area contributed by atoms with Crippen LogP contribution in [0.3, 0.4) is 0 Å². The molecule has 3 fully saturated rings. The Labute approximate surface area is 141 Å². The smallest absolute Gasteiger partial charge is 0.312 e. The van der Waals surface area contributed by atoms with E-state index < -0.39 is 0 Å². The maximum atomic E-state index is 13.0. The van der Waals surface area contributed by atoms with E-state index >= 15 is 0 Å². The molecule has 6 heteroatoms. The van der Waals surface area contributed by atoms with Gasteiger partial charge in [-0.25, -0.2) is 9.18 Å². The van der Waals surface area contributed by atoms with Crippen LogP contribution in [0.25, 0.3) is 0 Å². The molecule has 24 heavy (non-hydrogen) atoms. The summed E-state index contributed by atoms with van der Waals surface area (Å²) in [6.45, 7) is 3.20. The Bertz CT molecular complexity index is 618. The highest BCUT2D eigenvalue weighted by Gasteiger charge is 2.49. The lowest BCUT2D eigenvalue weighted by Gasteiger charge is -2.35. The second-order valence-electron chi connectivity index (χ2n) is 6.98. The van der Waals surface area contributed by atoms with E-state index in [1.54, 1.807) is 4.90 Å². The molecule has 4 rings (SSSR count). The molecule has 5 nitrogen and oxygen atoms in total. The van der Waals surface area contributed by atoms with Gasteiger partial charge >= 0.3 is 6.03 Å². The van der Waals surface area contributed by atoms with Crippen LogP contribution in [-0.2, 0) is 11.3 Å². The van der Waals surface area contributed by atoms with Crippen molar-refractivity contribution < 1.29 is 14.0 Å². The molecule has 1 aromatic carbocycles. The first-order valence-electron chi connectivity index (χ1n) is 8.74. The topological polar surface area (TPSA) is 43.9 Å². The van der Waals surface area contributed by atoms with Crippen LogP contribution >= 0.6 is 0 Å². The lowest BCUT2D eigenvalue weighted by Crippen LogP contribution is -2.48. The van der Waals surface area contributed by atoms with Crippen LogP contribution in [0, 0.1) is 5.82 Å². The molecule has 128 valence electrons. The second-order valence-corrected chi connectivity index (χ2v) is 6.98. The number of fused-ring (bicyclic) bond motifs is 1. The van der Waals surface area contributed by atoms with E-state index in [1.807, 2.05) is 12.1 Å². The Balaban J connectivity index is 1.35. The summed E-state index contributed by atoms with van der Waals surface area (Å²) in [6.07, 6.45) is 3.38. The third kappa shape index (κ3) is 2.69. The number of halogens is 1. The Kier molecular flexibility index (Phi) is 4.00. The van der Waals surface area contributed by atoms with Crippen LogP contribution < -0.4 is 0 Å². The monoisotopic (exact) mass is 331 g/mol. The predicted octanol–water partition coefficient (Wildman–Crippen LogP) is 2.22. The minimum Gasteiger partial charge on any atom is -0.312 e. The zero-order chi connectivity index (χ0) is 16.7. The van der Waals surface area contributed by atoms with E-state index in [-0.39, 0.29) is 29.8 Å². The molecule has 0 saturated carbocycles. The summed E-state index contributed by atoms with van der Waals surface area (Å²) in [5.74, 6) is -0.210. The van der Waals surface area contributed by atoms with Crippen LogP contribution in [0.4, 0.5) is 9.18 Å². The molecule has 3 saturated heterocycles. The summed E-state index contributed by atoms with van der Waals surface area (Å²) in [7, 11) is 0. The molecule has 3 amide bonds. The van der Waals surface area contributed by atoms with Gasteiger partial charge in [0.2, 0.25) is 0 Å². The van der Waals surface area contributed by atoms with E-state index in [1.165, 1.54) is 17.0 Å². The number of carbonyl (C=O) groups excluding carboxylic acids is 2. The SMILES string of the molecule is O=C1[C@H]2CCCN2C(=O)N1C1CCN(Cc2ccc(F)cc2)CC1. The summed E-state index contributed by atoms with van der Waals surface area (Å²) >= 11 is 0. The minimum absolute atomic E-state index is 0.00878. The third-order valence-corrected chi connectivity index (χ3v) is 5.47. The van der Waals surface area contributed by atoms with Gasteiger partial charge in [-0.05, 0) is 43.4 Å². The molecular formula is C18H22FN3O2. The molecule has 3 aliphatic rings. The van der Waals surface area contributed by atoms with E-state index in [4.69, 9.17) is 0 Å². The van der Waals surface area contributed by atoms with E-state index in [2.05, 4.69) is 4.90 Å². The summed E-state index contributed by atoms with van der Waals surface area (Å²) < 4.78 is 13.0. The Morgan fingerprint density at radius 1 is 1.00 bits per heavy atom. The van der Waals surface area contributed by atoms with Crippen LogP contribution in [0.5, 0.6) is 0 Å². The van der Waals surface area contributed by atoms with Crippen molar-refractivity contribution in [2.75, 3.05) is 19.6 Å².